The quantitative estimate of drug-likeness (QED) is 0.813. The fourth-order valence-corrected chi connectivity index (χ4v) is 2.82. The summed E-state index contributed by atoms with van der Waals surface area (Å²) < 4.78 is 2.11. The Morgan fingerprint density at radius 3 is 2.77 bits per heavy atom. The highest BCUT2D eigenvalue weighted by Crippen LogP contribution is 2.18. The number of aryl methyl sites for hydroxylation is 2. The standard InChI is InChI=1S/C17H23N3OS/c1-3-22-13-17(21)19-16(15-7-5-4-6-8-15)9-11-20-12-10-18-14(20)2/h4-8,10,12,16H,3,9,11,13H2,1-2H3,(H,19,21)/t16-/m0/s1. The number of aromatic nitrogens is 2. The monoisotopic (exact) mass is 317 g/mol. The number of thioether (sulfide) groups is 1. The van der Waals surface area contributed by atoms with Crippen LogP contribution in [0.15, 0.2) is 42.7 Å². The van der Waals surface area contributed by atoms with Gasteiger partial charge in [-0.15, -0.1) is 0 Å². The minimum atomic E-state index is 0.0351. The molecular weight excluding hydrogens is 294 g/mol. The Kier molecular flexibility index (Phi) is 6.52. The van der Waals surface area contributed by atoms with Crippen molar-refractivity contribution < 1.29 is 4.79 Å². The van der Waals surface area contributed by atoms with Crippen molar-refractivity contribution in [2.24, 2.45) is 0 Å². The van der Waals surface area contributed by atoms with Crippen molar-refractivity contribution in [3.63, 3.8) is 0 Å². The predicted molar refractivity (Wildman–Crippen MR) is 91.9 cm³/mol. The highest BCUT2D eigenvalue weighted by Gasteiger charge is 2.14. The van der Waals surface area contributed by atoms with Crippen LogP contribution in [0.4, 0.5) is 0 Å². The van der Waals surface area contributed by atoms with Crippen molar-refractivity contribution in [2.45, 2.75) is 32.9 Å². The second-order valence-corrected chi connectivity index (χ2v) is 6.40. The van der Waals surface area contributed by atoms with Gasteiger partial charge in [-0.3, -0.25) is 4.79 Å². The molecular formula is C17H23N3OS. The van der Waals surface area contributed by atoms with Crippen LogP contribution in [0.25, 0.3) is 0 Å². The molecule has 2 rings (SSSR count). The molecule has 1 heterocycles. The fourth-order valence-electron chi connectivity index (χ4n) is 2.35. The number of hydrogen-bond donors (Lipinski definition) is 1. The summed E-state index contributed by atoms with van der Waals surface area (Å²) in [5, 5.41) is 3.16. The Morgan fingerprint density at radius 2 is 2.14 bits per heavy atom. The van der Waals surface area contributed by atoms with Gasteiger partial charge in [0.2, 0.25) is 5.91 Å². The van der Waals surface area contributed by atoms with E-state index in [2.05, 4.69) is 33.9 Å². The van der Waals surface area contributed by atoms with Gasteiger partial charge in [-0.1, -0.05) is 37.3 Å². The van der Waals surface area contributed by atoms with Crippen LogP contribution < -0.4 is 5.32 Å². The van der Waals surface area contributed by atoms with E-state index in [0.29, 0.717) is 5.75 Å². The lowest BCUT2D eigenvalue weighted by atomic mass is 10.0. The molecule has 4 nitrogen and oxygen atoms in total. The molecule has 22 heavy (non-hydrogen) atoms. The van der Waals surface area contributed by atoms with Gasteiger partial charge in [0, 0.05) is 18.9 Å². The van der Waals surface area contributed by atoms with Crippen LogP contribution >= 0.6 is 11.8 Å². The minimum absolute atomic E-state index is 0.0351. The smallest absolute Gasteiger partial charge is 0.230 e. The number of benzene rings is 1. The molecule has 0 aliphatic heterocycles. The molecule has 118 valence electrons. The van der Waals surface area contributed by atoms with E-state index in [1.807, 2.05) is 37.5 Å². The molecule has 0 spiro atoms. The van der Waals surface area contributed by atoms with Crippen LogP contribution in [0.2, 0.25) is 0 Å². The lowest BCUT2D eigenvalue weighted by Crippen LogP contribution is -2.30. The van der Waals surface area contributed by atoms with Crippen LogP contribution in [0.1, 0.15) is 30.8 Å². The van der Waals surface area contributed by atoms with Gasteiger partial charge in [0.25, 0.3) is 0 Å². The average molecular weight is 317 g/mol. The molecule has 1 N–H and O–H groups in total. The van der Waals surface area contributed by atoms with Crippen LogP contribution in [-0.2, 0) is 11.3 Å². The number of carbonyl (C=O) groups excluding carboxylic acids is 1. The lowest BCUT2D eigenvalue weighted by Gasteiger charge is -2.20. The maximum absolute atomic E-state index is 12.1. The zero-order chi connectivity index (χ0) is 15.8. The molecule has 1 amide bonds. The Bertz CT molecular complexity index is 583. The van der Waals surface area contributed by atoms with Gasteiger partial charge < -0.3 is 9.88 Å². The number of carbonyl (C=O) groups is 1. The zero-order valence-electron chi connectivity index (χ0n) is 13.2. The average Bonchev–Trinajstić information content (AvgIpc) is 2.95. The van der Waals surface area contributed by atoms with Crippen molar-refractivity contribution >= 4 is 17.7 Å². The fraction of sp³-hybridized carbons (Fsp3) is 0.412. The van der Waals surface area contributed by atoms with E-state index in [0.717, 1.165) is 30.1 Å². The van der Waals surface area contributed by atoms with Gasteiger partial charge in [-0.2, -0.15) is 11.8 Å². The number of amides is 1. The summed E-state index contributed by atoms with van der Waals surface area (Å²) >= 11 is 1.64. The molecule has 0 aliphatic carbocycles. The first-order chi connectivity index (χ1) is 10.7. The summed E-state index contributed by atoms with van der Waals surface area (Å²) in [7, 11) is 0. The third-order valence-corrected chi connectivity index (χ3v) is 4.43. The minimum Gasteiger partial charge on any atom is -0.349 e. The topological polar surface area (TPSA) is 46.9 Å². The molecule has 0 radical (unpaired) electrons. The third-order valence-electron chi connectivity index (χ3n) is 3.56. The molecule has 1 atom stereocenters. The van der Waals surface area contributed by atoms with E-state index in [1.165, 1.54) is 0 Å². The second kappa shape index (κ2) is 8.63. The Hall–Kier alpha value is -1.75. The second-order valence-electron chi connectivity index (χ2n) is 5.12. The van der Waals surface area contributed by atoms with E-state index in [4.69, 9.17) is 0 Å². The van der Waals surface area contributed by atoms with Gasteiger partial charge in [0.15, 0.2) is 0 Å². The first-order valence-electron chi connectivity index (χ1n) is 7.60. The maximum atomic E-state index is 12.1. The summed E-state index contributed by atoms with van der Waals surface area (Å²) in [6.45, 7) is 4.90. The highest BCUT2D eigenvalue weighted by atomic mass is 32.2. The summed E-state index contributed by atoms with van der Waals surface area (Å²) in [4.78, 5) is 16.3. The Balaban J connectivity index is 2.01. The van der Waals surface area contributed by atoms with Crippen molar-refractivity contribution in [1.82, 2.24) is 14.9 Å². The molecule has 0 saturated heterocycles. The van der Waals surface area contributed by atoms with Gasteiger partial charge in [-0.05, 0) is 24.7 Å². The van der Waals surface area contributed by atoms with Crippen LogP contribution in [-0.4, -0.2) is 27.0 Å². The Labute approximate surface area is 136 Å². The normalized spacial score (nSPS) is 12.1. The molecule has 0 fully saturated rings. The first-order valence-corrected chi connectivity index (χ1v) is 8.76. The third kappa shape index (κ3) is 4.91. The van der Waals surface area contributed by atoms with E-state index in [1.54, 1.807) is 11.8 Å². The van der Waals surface area contributed by atoms with E-state index in [9.17, 15) is 4.79 Å². The number of nitrogens with one attached hydrogen (secondary N) is 1. The van der Waals surface area contributed by atoms with Crippen molar-refractivity contribution in [3.8, 4) is 0 Å². The molecule has 2 aromatic rings. The van der Waals surface area contributed by atoms with Gasteiger partial charge in [0.05, 0.1) is 11.8 Å². The molecule has 0 unspecified atom stereocenters. The van der Waals surface area contributed by atoms with Crippen LogP contribution in [0.5, 0.6) is 0 Å². The predicted octanol–water partition coefficient (Wildman–Crippen LogP) is 3.19. The molecule has 0 bridgehead atoms. The molecule has 1 aromatic heterocycles. The van der Waals surface area contributed by atoms with Gasteiger partial charge >= 0.3 is 0 Å². The van der Waals surface area contributed by atoms with E-state index < -0.39 is 0 Å². The summed E-state index contributed by atoms with van der Waals surface area (Å²) in [6.07, 6.45) is 4.64. The summed E-state index contributed by atoms with van der Waals surface area (Å²) in [5.74, 6) is 2.57. The van der Waals surface area contributed by atoms with Gasteiger partial charge in [-0.25, -0.2) is 4.98 Å². The first kappa shape index (κ1) is 16.6. The largest absolute Gasteiger partial charge is 0.349 e. The maximum Gasteiger partial charge on any atom is 0.230 e. The highest BCUT2D eigenvalue weighted by molar-refractivity contribution is 7.99. The van der Waals surface area contributed by atoms with Crippen molar-refractivity contribution in [2.75, 3.05) is 11.5 Å². The molecule has 0 saturated carbocycles. The molecule has 5 heteroatoms. The zero-order valence-corrected chi connectivity index (χ0v) is 14.0. The summed E-state index contributed by atoms with van der Waals surface area (Å²) in [5.41, 5.74) is 1.15. The molecule has 1 aromatic carbocycles. The number of imidazole rings is 1. The summed E-state index contributed by atoms with van der Waals surface area (Å²) in [6, 6.07) is 10.2. The SMILES string of the molecule is CCSCC(=O)N[C@@H](CCn1ccnc1C)c1ccccc1. The number of rotatable bonds is 8. The van der Waals surface area contributed by atoms with E-state index >= 15 is 0 Å². The lowest BCUT2D eigenvalue weighted by molar-refractivity contribution is -0.119. The number of nitrogens with zero attached hydrogens (tertiary/aromatic N) is 2. The van der Waals surface area contributed by atoms with Gasteiger partial charge in [0.1, 0.15) is 5.82 Å². The number of hydrogen-bond acceptors (Lipinski definition) is 3. The van der Waals surface area contributed by atoms with Crippen LogP contribution in [0, 0.1) is 6.92 Å². The van der Waals surface area contributed by atoms with E-state index in [-0.39, 0.29) is 11.9 Å². The van der Waals surface area contributed by atoms with Crippen LogP contribution in [0.3, 0.4) is 0 Å². The Morgan fingerprint density at radius 1 is 1.36 bits per heavy atom. The van der Waals surface area contributed by atoms with Crippen molar-refractivity contribution in [3.05, 3.63) is 54.1 Å². The van der Waals surface area contributed by atoms with Crippen molar-refractivity contribution in [1.29, 1.82) is 0 Å². The molecule has 0 aliphatic rings.